The van der Waals surface area contributed by atoms with Crippen molar-refractivity contribution < 1.29 is 9.53 Å². The Morgan fingerprint density at radius 2 is 2.05 bits per heavy atom. The summed E-state index contributed by atoms with van der Waals surface area (Å²) in [4.78, 5) is 14.3. The quantitative estimate of drug-likeness (QED) is 0.781. The molecule has 1 aromatic carbocycles. The number of carbonyl (C=O) groups is 1. The van der Waals surface area contributed by atoms with E-state index in [-0.39, 0.29) is 5.91 Å². The highest BCUT2D eigenvalue weighted by Crippen LogP contribution is 2.26. The van der Waals surface area contributed by atoms with Gasteiger partial charge < -0.3 is 9.64 Å². The van der Waals surface area contributed by atoms with Gasteiger partial charge in [0.1, 0.15) is 5.75 Å². The molecule has 0 spiro atoms. The van der Waals surface area contributed by atoms with Crippen molar-refractivity contribution in [3.05, 3.63) is 35.4 Å². The third-order valence-electron chi connectivity index (χ3n) is 4.31. The third-order valence-corrected chi connectivity index (χ3v) is 4.31. The lowest BCUT2D eigenvalue weighted by molar-refractivity contribution is -0.128. The zero-order valence-electron chi connectivity index (χ0n) is 12.8. The monoisotopic (exact) mass is 285 g/mol. The maximum Gasteiger partial charge on any atom is 0.246 e. The first kappa shape index (κ1) is 14.2. The summed E-state index contributed by atoms with van der Waals surface area (Å²) in [5, 5.41) is 0. The van der Waals surface area contributed by atoms with Crippen LogP contribution in [0.3, 0.4) is 0 Å². The SMILES string of the molecule is C[C@H]1C[C@H](C)CN(C(=O)/C=C/c2ccc3c(c2)CCO3)C1. The second-order valence-electron chi connectivity index (χ2n) is 6.49. The number of nitrogens with zero attached hydrogens (tertiary/aromatic N) is 1. The third kappa shape index (κ3) is 3.29. The molecule has 0 radical (unpaired) electrons. The summed E-state index contributed by atoms with van der Waals surface area (Å²) in [6, 6.07) is 6.13. The number of fused-ring (bicyclic) bond motifs is 1. The predicted molar refractivity (Wildman–Crippen MR) is 84.2 cm³/mol. The first-order valence-electron chi connectivity index (χ1n) is 7.84. The lowest BCUT2D eigenvalue weighted by Crippen LogP contribution is -2.41. The first-order valence-corrected chi connectivity index (χ1v) is 7.84. The van der Waals surface area contributed by atoms with E-state index >= 15 is 0 Å². The molecule has 0 aromatic heterocycles. The van der Waals surface area contributed by atoms with Crippen molar-refractivity contribution in [1.82, 2.24) is 4.90 Å². The van der Waals surface area contributed by atoms with Gasteiger partial charge >= 0.3 is 0 Å². The fraction of sp³-hybridized carbons (Fsp3) is 0.500. The van der Waals surface area contributed by atoms with Crippen LogP contribution in [0, 0.1) is 11.8 Å². The molecule has 0 N–H and O–H groups in total. The highest BCUT2D eigenvalue weighted by Gasteiger charge is 2.24. The number of rotatable bonds is 2. The van der Waals surface area contributed by atoms with Crippen molar-refractivity contribution in [1.29, 1.82) is 0 Å². The van der Waals surface area contributed by atoms with E-state index in [1.165, 1.54) is 12.0 Å². The lowest BCUT2D eigenvalue weighted by atomic mass is 9.92. The van der Waals surface area contributed by atoms with Gasteiger partial charge in [-0.05, 0) is 47.6 Å². The Hall–Kier alpha value is -1.77. The first-order chi connectivity index (χ1) is 10.1. The molecule has 2 heterocycles. The summed E-state index contributed by atoms with van der Waals surface area (Å²) in [5.41, 5.74) is 2.32. The summed E-state index contributed by atoms with van der Waals surface area (Å²) in [6.07, 6.45) is 5.82. The molecule has 1 amide bonds. The minimum absolute atomic E-state index is 0.130. The largest absolute Gasteiger partial charge is 0.493 e. The molecule has 3 nitrogen and oxygen atoms in total. The standard InChI is InChI=1S/C18H23NO2/c1-13-9-14(2)12-19(11-13)18(20)6-4-15-3-5-17-16(10-15)7-8-21-17/h3-6,10,13-14H,7-9,11-12H2,1-2H3/b6-4+/t13-,14-/m0/s1. The number of hydrogen-bond donors (Lipinski definition) is 0. The number of piperidine rings is 1. The minimum Gasteiger partial charge on any atom is -0.493 e. The maximum atomic E-state index is 12.3. The van der Waals surface area contributed by atoms with Crippen LogP contribution in [0.1, 0.15) is 31.4 Å². The lowest BCUT2D eigenvalue weighted by Gasteiger charge is -2.34. The molecule has 2 aliphatic heterocycles. The van der Waals surface area contributed by atoms with Crippen LogP contribution in [0.15, 0.2) is 24.3 Å². The van der Waals surface area contributed by atoms with Gasteiger partial charge in [0, 0.05) is 25.6 Å². The summed E-state index contributed by atoms with van der Waals surface area (Å²) >= 11 is 0. The molecule has 2 aliphatic rings. The number of carbonyl (C=O) groups excluding carboxylic acids is 1. The molecule has 3 heteroatoms. The van der Waals surface area contributed by atoms with Crippen molar-refractivity contribution in [3.8, 4) is 5.75 Å². The van der Waals surface area contributed by atoms with Crippen LogP contribution in [0.2, 0.25) is 0 Å². The second-order valence-corrected chi connectivity index (χ2v) is 6.49. The van der Waals surface area contributed by atoms with Crippen molar-refractivity contribution in [2.75, 3.05) is 19.7 Å². The molecule has 0 saturated carbocycles. The molecular formula is C18H23NO2. The predicted octanol–water partition coefficient (Wildman–Crippen LogP) is 3.14. The zero-order valence-corrected chi connectivity index (χ0v) is 12.8. The van der Waals surface area contributed by atoms with Gasteiger partial charge in [-0.25, -0.2) is 0 Å². The van der Waals surface area contributed by atoms with Gasteiger partial charge in [0.15, 0.2) is 0 Å². The summed E-state index contributed by atoms with van der Waals surface area (Å²) in [5.74, 6) is 2.31. The van der Waals surface area contributed by atoms with E-state index < -0.39 is 0 Å². The molecule has 3 rings (SSSR count). The van der Waals surface area contributed by atoms with Gasteiger partial charge in [-0.15, -0.1) is 0 Å². The average Bonchev–Trinajstić information content (AvgIpc) is 2.91. The highest BCUT2D eigenvalue weighted by molar-refractivity contribution is 5.91. The van der Waals surface area contributed by atoms with Crippen LogP contribution in [0.5, 0.6) is 5.75 Å². The number of benzene rings is 1. The van der Waals surface area contributed by atoms with E-state index in [0.29, 0.717) is 11.8 Å². The average molecular weight is 285 g/mol. The van der Waals surface area contributed by atoms with Crippen molar-refractivity contribution in [2.24, 2.45) is 11.8 Å². The van der Waals surface area contributed by atoms with E-state index in [4.69, 9.17) is 4.74 Å². The molecule has 0 aliphatic carbocycles. The Morgan fingerprint density at radius 3 is 2.81 bits per heavy atom. The molecule has 0 unspecified atom stereocenters. The van der Waals surface area contributed by atoms with E-state index in [1.807, 2.05) is 23.1 Å². The second kappa shape index (κ2) is 5.92. The molecule has 21 heavy (non-hydrogen) atoms. The van der Waals surface area contributed by atoms with E-state index in [2.05, 4.69) is 19.9 Å². The summed E-state index contributed by atoms with van der Waals surface area (Å²) < 4.78 is 5.50. The van der Waals surface area contributed by atoms with Crippen molar-refractivity contribution in [2.45, 2.75) is 26.7 Å². The normalized spacial score (nSPS) is 25.0. The molecule has 1 aromatic rings. The van der Waals surface area contributed by atoms with Gasteiger partial charge in [0.05, 0.1) is 6.61 Å². The Bertz CT molecular complexity index is 554. The van der Waals surface area contributed by atoms with Gasteiger partial charge in [0.2, 0.25) is 5.91 Å². The van der Waals surface area contributed by atoms with Gasteiger partial charge in [-0.3, -0.25) is 4.79 Å². The molecular weight excluding hydrogens is 262 g/mol. The molecule has 2 atom stereocenters. The van der Waals surface area contributed by atoms with Crippen LogP contribution in [-0.2, 0) is 11.2 Å². The Kier molecular flexibility index (Phi) is 4.00. The fourth-order valence-electron chi connectivity index (χ4n) is 3.43. The van der Waals surface area contributed by atoms with Crippen molar-refractivity contribution in [3.63, 3.8) is 0 Å². The number of ether oxygens (including phenoxy) is 1. The van der Waals surface area contributed by atoms with Crippen LogP contribution in [0.4, 0.5) is 0 Å². The topological polar surface area (TPSA) is 29.5 Å². The Morgan fingerprint density at radius 1 is 1.29 bits per heavy atom. The molecule has 0 bridgehead atoms. The van der Waals surface area contributed by atoms with Gasteiger partial charge in [-0.1, -0.05) is 19.9 Å². The summed E-state index contributed by atoms with van der Waals surface area (Å²) in [7, 11) is 0. The maximum absolute atomic E-state index is 12.3. The van der Waals surface area contributed by atoms with Crippen molar-refractivity contribution >= 4 is 12.0 Å². The van der Waals surface area contributed by atoms with E-state index in [0.717, 1.165) is 37.4 Å². The van der Waals surface area contributed by atoms with Gasteiger partial charge in [0.25, 0.3) is 0 Å². The molecule has 1 saturated heterocycles. The highest BCUT2D eigenvalue weighted by atomic mass is 16.5. The van der Waals surface area contributed by atoms with E-state index in [1.54, 1.807) is 6.08 Å². The Labute approximate surface area is 126 Å². The van der Waals surface area contributed by atoms with Crippen LogP contribution < -0.4 is 4.74 Å². The smallest absolute Gasteiger partial charge is 0.246 e. The fourth-order valence-corrected chi connectivity index (χ4v) is 3.43. The van der Waals surface area contributed by atoms with Gasteiger partial charge in [-0.2, -0.15) is 0 Å². The minimum atomic E-state index is 0.130. The molecule has 112 valence electrons. The van der Waals surface area contributed by atoms with Crippen LogP contribution in [0.25, 0.3) is 6.08 Å². The number of amides is 1. The zero-order chi connectivity index (χ0) is 14.8. The number of likely N-dealkylation sites (tertiary alicyclic amines) is 1. The number of hydrogen-bond acceptors (Lipinski definition) is 2. The van der Waals surface area contributed by atoms with Crippen LogP contribution >= 0.6 is 0 Å². The molecule has 1 fully saturated rings. The van der Waals surface area contributed by atoms with E-state index in [9.17, 15) is 4.79 Å². The summed E-state index contributed by atoms with van der Waals surface area (Å²) in [6.45, 7) is 6.97. The van der Waals surface area contributed by atoms with Crippen LogP contribution in [-0.4, -0.2) is 30.5 Å². The Balaban J connectivity index is 1.66.